The quantitative estimate of drug-likeness (QED) is 0.192. The predicted octanol–water partition coefficient (Wildman–Crippen LogP) is 11.7. The number of ether oxygens (including phenoxy) is 2. The van der Waals surface area contributed by atoms with Crippen molar-refractivity contribution in [2.45, 2.75) is 0 Å². The van der Waals surface area contributed by atoms with Gasteiger partial charge in [0.15, 0.2) is 23.0 Å². The van der Waals surface area contributed by atoms with E-state index in [-0.39, 0.29) is 0 Å². The predicted molar refractivity (Wildman–Crippen MR) is 200 cm³/mol. The van der Waals surface area contributed by atoms with Gasteiger partial charge in [0.2, 0.25) is 5.95 Å². The highest BCUT2D eigenvalue weighted by Gasteiger charge is 2.35. The second-order valence-electron chi connectivity index (χ2n) is 12.6. The SMILES string of the molecule is c1ccc(-c2nc(-n3c4ccccc4c4c(-c5cc6c7c(c5)Oc5ccccc5N7c5ccccc5O6)cccc43)nc3ccccc23)cc1. The molecule has 2 aromatic heterocycles. The normalized spacial score (nSPS) is 12.7. The van der Waals surface area contributed by atoms with Crippen LogP contribution in [-0.2, 0) is 0 Å². The third-order valence-corrected chi connectivity index (χ3v) is 9.76. The van der Waals surface area contributed by atoms with Crippen molar-refractivity contribution >= 4 is 49.8 Å². The summed E-state index contributed by atoms with van der Waals surface area (Å²) in [5.41, 5.74) is 9.84. The second kappa shape index (κ2) is 10.3. The van der Waals surface area contributed by atoms with Crippen LogP contribution in [0.5, 0.6) is 23.0 Å². The lowest BCUT2D eigenvalue weighted by molar-refractivity contribution is 0.446. The van der Waals surface area contributed by atoms with E-state index in [1.807, 2.05) is 66.7 Å². The first-order valence-electron chi connectivity index (χ1n) is 16.7. The van der Waals surface area contributed by atoms with Gasteiger partial charge in [-0.1, -0.05) is 103 Å². The molecule has 6 nitrogen and oxygen atoms in total. The van der Waals surface area contributed by atoms with E-state index in [1.165, 1.54) is 0 Å². The highest BCUT2D eigenvalue weighted by atomic mass is 16.5. The Morgan fingerprint density at radius 1 is 0.460 bits per heavy atom. The Labute approximate surface area is 287 Å². The molecule has 0 N–H and O–H groups in total. The van der Waals surface area contributed by atoms with Gasteiger partial charge in [-0.05, 0) is 65.7 Å². The average Bonchev–Trinajstić information content (AvgIpc) is 3.52. The molecule has 0 radical (unpaired) electrons. The molecule has 0 spiro atoms. The molecule has 2 aliphatic rings. The first-order valence-corrected chi connectivity index (χ1v) is 16.7. The lowest BCUT2D eigenvalue weighted by Crippen LogP contribution is -2.20. The summed E-state index contributed by atoms with van der Waals surface area (Å²) in [4.78, 5) is 12.7. The topological polar surface area (TPSA) is 52.4 Å². The number of benzene rings is 7. The van der Waals surface area contributed by atoms with Crippen molar-refractivity contribution in [3.8, 4) is 51.3 Å². The van der Waals surface area contributed by atoms with Crippen LogP contribution in [0, 0.1) is 0 Å². The van der Waals surface area contributed by atoms with Gasteiger partial charge in [-0.3, -0.25) is 9.47 Å². The van der Waals surface area contributed by atoms with Gasteiger partial charge in [0, 0.05) is 21.7 Å². The highest BCUT2D eigenvalue weighted by Crippen LogP contribution is 2.60. The van der Waals surface area contributed by atoms with Gasteiger partial charge in [-0.25, -0.2) is 9.97 Å². The second-order valence-corrected chi connectivity index (χ2v) is 12.6. The molecule has 0 saturated carbocycles. The number of fused-ring (bicyclic) bond motifs is 8. The summed E-state index contributed by atoms with van der Waals surface area (Å²) in [6, 6.07) is 54.1. The standard InChI is InChI=1S/C44H26N4O2/c1-2-13-27(14-3-1)42-30-15-4-6-18-32(30)45-44(46-42)48-33-19-7-5-16-31(33)41-29(17-12-22-36(41)48)28-25-39-43-40(26-28)50-38-24-11-9-21-35(38)47(43)34-20-8-10-23-37(34)49-39/h1-26H. The molecular weight excluding hydrogens is 617 g/mol. The summed E-state index contributed by atoms with van der Waals surface area (Å²) in [5, 5.41) is 3.24. The van der Waals surface area contributed by atoms with E-state index in [0.717, 1.165) is 95.2 Å². The van der Waals surface area contributed by atoms with Crippen molar-refractivity contribution in [3.05, 3.63) is 158 Å². The van der Waals surface area contributed by atoms with Crippen LogP contribution in [0.1, 0.15) is 0 Å². The minimum absolute atomic E-state index is 0.627. The summed E-state index contributed by atoms with van der Waals surface area (Å²) in [7, 11) is 0. The molecule has 0 saturated heterocycles. The van der Waals surface area contributed by atoms with Gasteiger partial charge in [-0.15, -0.1) is 0 Å². The summed E-state index contributed by atoms with van der Waals surface area (Å²) < 4.78 is 15.4. The first kappa shape index (κ1) is 27.1. The molecular formula is C44H26N4O2. The summed E-state index contributed by atoms with van der Waals surface area (Å²) in [6.45, 7) is 0. The van der Waals surface area contributed by atoms with E-state index in [4.69, 9.17) is 19.4 Å². The lowest BCUT2D eigenvalue weighted by Gasteiger charge is -2.38. The molecule has 4 heterocycles. The molecule has 7 aromatic carbocycles. The van der Waals surface area contributed by atoms with E-state index in [1.54, 1.807) is 0 Å². The first-order chi connectivity index (χ1) is 24.8. The summed E-state index contributed by atoms with van der Waals surface area (Å²) in [5.74, 6) is 3.73. The fourth-order valence-electron chi connectivity index (χ4n) is 7.63. The van der Waals surface area contributed by atoms with Crippen LogP contribution in [0.2, 0.25) is 0 Å². The molecule has 2 aliphatic heterocycles. The summed E-state index contributed by atoms with van der Waals surface area (Å²) in [6.07, 6.45) is 0. The molecule has 11 rings (SSSR count). The van der Waals surface area contributed by atoms with Crippen LogP contribution in [0.25, 0.3) is 61.0 Å². The Hall–Kier alpha value is -6.92. The maximum absolute atomic E-state index is 6.62. The molecule has 0 aliphatic carbocycles. The van der Waals surface area contributed by atoms with Crippen LogP contribution >= 0.6 is 0 Å². The molecule has 0 atom stereocenters. The molecule has 234 valence electrons. The smallest absolute Gasteiger partial charge is 0.235 e. The number of rotatable bonds is 3. The van der Waals surface area contributed by atoms with Crippen LogP contribution in [-0.4, -0.2) is 14.5 Å². The Bertz CT molecular complexity index is 2770. The largest absolute Gasteiger partial charge is 0.453 e. The van der Waals surface area contributed by atoms with E-state index >= 15 is 0 Å². The van der Waals surface area contributed by atoms with Crippen molar-refractivity contribution in [2.24, 2.45) is 0 Å². The Balaban J connectivity index is 1.16. The summed E-state index contributed by atoms with van der Waals surface area (Å²) >= 11 is 0. The molecule has 6 heteroatoms. The molecule has 9 aromatic rings. The number of hydrogen-bond donors (Lipinski definition) is 0. The van der Waals surface area contributed by atoms with Gasteiger partial charge in [-0.2, -0.15) is 0 Å². The number of anilines is 3. The molecule has 50 heavy (non-hydrogen) atoms. The van der Waals surface area contributed by atoms with Crippen molar-refractivity contribution < 1.29 is 9.47 Å². The van der Waals surface area contributed by atoms with E-state index in [0.29, 0.717) is 5.95 Å². The van der Waals surface area contributed by atoms with Crippen LogP contribution in [0.3, 0.4) is 0 Å². The number of para-hydroxylation sites is 6. The van der Waals surface area contributed by atoms with Crippen LogP contribution in [0.4, 0.5) is 17.1 Å². The molecule has 0 bridgehead atoms. The monoisotopic (exact) mass is 642 g/mol. The zero-order valence-electron chi connectivity index (χ0n) is 26.6. The van der Waals surface area contributed by atoms with Gasteiger partial charge >= 0.3 is 0 Å². The van der Waals surface area contributed by atoms with E-state index in [2.05, 4.69) is 100 Å². The lowest BCUT2D eigenvalue weighted by atomic mass is 9.97. The van der Waals surface area contributed by atoms with E-state index in [9.17, 15) is 0 Å². The minimum atomic E-state index is 0.627. The Morgan fingerprint density at radius 2 is 1.08 bits per heavy atom. The fourth-order valence-corrected chi connectivity index (χ4v) is 7.63. The zero-order chi connectivity index (χ0) is 32.8. The van der Waals surface area contributed by atoms with Crippen LogP contribution < -0.4 is 14.4 Å². The Kier molecular flexibility index (Phi) is 5.57. The molecule has 0 amide bonds. The maximum Gasteiger partial charge on any atom is 0.235 e. The van der Waals surface area contributed by atoms with Crippen molar-refractivity contribution in [3.63, 3.8) is 0 Å². The molecule has 0 fully saturated rings. The maximum atomic E-state index is 6.62. The van der Waals surface area contributed by atoms with Gasteiger partial charge in [0.25, 0.3) is 0 Å². The number of nitrogens with zero attached hydrogens (tertiary/aromatic N) is 4. The minimum Gasteiger partial charge on any atom is -0.453 e. The van der Waals surface area contributed by atoms with Crippen molar-refractivity contribution in [1.82, 2.24) is 14.5 Å². The molecule has 0 unspecified atom stereocenters. The zero-order valence-corrected chi connectivity index (χ0v) is 26.6. The van der Waals surface area contributed by atoms with E-state index < -0.39 is 0 Å². The van der Waals surface area contributed by atoms with Crippen molar-refractivity contribution in [2.75, 3.05) is 4.90 Å². The van der Waals surface area contributed by atoms with Gasteiger partial charge in [0.1, 0.15) is 5.69 Å². The number of aromatic nitrogens is 3. The Morgan fingerprint density at radius 3 is 1.84 bits per heavy atom. The third-order valence-electron chi connectivity index (χ3n) is 9.76. The fraction of sp³-hybridized carbons (Fsp3) is 0. The third kappa shape index (κ3) is 3.84. The van der Waals surface area contributed by atoms with Crippen LogP contribution in [0.15, 0.2) is 158 Å². The van der Waals surface area contributed by atoms with Crippen molar-refractivity contribution in [1.29, 1.82) is 0 Å². The van der Waals surface area contributed by atoms with Gasteiger partial charge in [0.05, 0.1) is 33.6 Å². The highest BCUT2D eigenvalue weighted by molar-refractivity contribution is 6.16. The number of hydrogen-bond acceptors (Lipinski definition) is 5. The van der Waals surface area contributed by atoms with Gasteiger partial charge < -0.3 is 9.47 Å². The average molecular weight is 643 g/mol.